The zero-order chi connectivity index (χ0) is 10.8. The van der Waals surface area contributed by atoms with Gasteiger partial charge in [0.2, 0.25) is 0 Å². The van der Waals surface area contributed by atoms with Crippen LogP contribution in [0.15, 0.2) is 10.6 Å². The van der Waals surface area contributed by atoms with Crippen LogP contribution in [0, 0.1) is 12.8 Å². The Labute approximate surface area is 103 Å². The Morgan fingerprint density at radius 3 is 2.75 bits per heavy atom. The van der Waals surface area contributed by atoms with Crippen molar-refractivity contribution in [2.45, 2.75) is 32.4 Å². The second-order valence-electron chi connectivity index (χ2n) is 4.49. The fourth-order valence-electron chi connectivity index (χ4n) is 2.07. The standard InChI is InChI=1S/C11H19N3O.ClH/c1-8-5-10(15-13-8)7-14(2)11(6-12)9-3-4-9;/h5,9,11H,3-4,6-7,12H2,1-2H3;1H. The number of nitrogens with zero attached hydrogens (tertiary/aromatic N) is 2. The van der Waals surface area contributed by atoms with Crippen LogP contribution in [0.5, 0.6) is 0 Å². The molecule has 0 bridgehead atoms. The van der Waals surface area contributed by atoms with Gasteiger partial charge in [-0.05, 0) is 32.7 Å². The molecule has 1 atom stereocenters. The van der Waals surface area contributed by atoms with Gasteiger partial charge >= 0.3 is 0 Å². The number of likely N-dealkylation sites (N-methyl/N-ethyl adjacent to an activating group) is 1. The van der Waals surface area contributed by atoms with Crippen molar-refractivity contribution >= 4 is 12.4 Å². The minimum Gasteiger partial charge on any atom is -0.360 e. The summed E-state index contributed by atoms with van der Waals surface area (Å²) in [4.78, 5) is 2.28. The largest absolute Gasteiger partial charge is 0.360 e. The number of hydrogen-bond acceptors (Lipinski definition) is 4. The molecule has 2 N–H and O–H groups in total. The molecule has 0 aliphatic heterocycles. The van der Waals surface area contributed by atoms with E-state index in [1.807, 2.05) is 13.0 Å². The second-order valence-corrected chi connectivity index (χ2v) is 4.49. The summed E-state index contributed by atoms with van der Waals surface area (Å²) in [7, 11) is 2.10. The van der Waals surface area contributed by atoms with Crippen LogP contribution in [-0.2, 0) is 6.54 Å². The van der Waals surface area contributed by atoms with Crippen LogP contribution in [0.25, 0.3) is 0 Å². The number of hydrogen-bond donors (Lipinski definition) is 1. The molecular weight excluding hydrogens is 226 g/mol. The lowest BCUT2D eigenvalue weighted by molar-refractivity contribution is 0.192. The first kappa shape index (κ1) is 13.5. The first-order valence-electron chi connectivity index (χ1n) is 5.53. The maximum atomic E-state index is 5.79. The van der Waals surface area contributed by atoms with E-state index in [9.17, 15) is 0 Å². The predicted octanol–water partition coefficient (Wildman–Crippen LogP) is 1.57. The Bertz CT molecular complexity index is 325. The van der Waals surface area contributed by atoms with Crippen molar-refractivity contribution in [1.82, 2.24) is 10.1 Å². The molecule has 4 nitrogen and oxygen atoms in total. The Kier molecular flexibility index (Phi) is 4.77. The molecule has 0 amide bonds. The summed E-state index contributed by atoms with van der Waals surface area (Å²) >= 11 is 0. The highest BCUT2D eigenvalue weighted by atomic mass is 35.5. The van der Waals surface area contributed by atoms with Crippen molar-refractivity contribution in [3.63, 3.8) is 0 Å². The van der Waals surface area contributed by atoms with E-state index >= 15 is 0 Å². The normalized spacial score (nSPS) is 17.2. The molecule has 0 saturated heterocycles. The van der Waals surface area contributed by atoms with Gasteiger partial charge in [0.15, 0.2) is 5.76 Å². The molecule has 1 aliphatic rings. The van der Waals surface area contributed by atoms with Crippen molar-refractivity contribution in [2.75, 3.05) is 13.6 Å². The average molecular weight is 246 g/mol. The third-order valence-corrected chi connectivity index (χ3v) is 3.06. The molecule has 2 rings (SSSR count). The number of rotatable bonds is 5. The van der Waals surface area contributed by atoms with Crippen molar-refractivity contribution < 1.29 is 4.52 Å². The highest BCUT2D eigenvalue weighted by Crippen LogP contribution is 2.34. The molecular formula is C11H20ClN3O. The molecule has 1 heterocycles. The zero-order valence-corrected chi connectivity index (χ0v) is 10.7. The summed E-state index contributed by atoms with van der Waals surface area (Å²) in [6.45, 7) is 3.47. The highest BCUT2D eigenvalue weighted by molar-refractivity contribution is 5.85. The predicted molar refractivity (Wildman–Crippen MR) is 65.5 cm³/mol. The summed E-state index contributed by atoms with van der Waals surface area (Å²) in [6, 6.07) is 2.48. The lowest BCUT2D eigenvalue weighted by atomic mass is 10.1. The van der Waals surface area contributed by atoms with Gasteiger partial charge < -0.3 is 10.3 Å². The number of halogens is 1. The maximum Gasteiger partial charge on any atom is 0.150 e. The van der Waals surface area contributed by atoms with Gasteiger partial charge in [-0.1, -0.05) is 5.16 Å². The van der Waals surface area contributed by atoms with Crippen LogP contribution in [0.2, 0.25) is 0 Å². The number of aromatic nitrogens is 1. The van der Waals surface area contributed by atoms with Gasteiger partial charge in [-0.2, -0.15) is 0 Å². The third-order valence-electron chi connectivity index (χ3n) is 3.06. The molecule has 0 radical (unpaired) electrons. The van der Waals surface area contributed by atoms with Gasteiger partial charge in [0.25, 0.3) is 0 Å². The van der Waals surface area contributed by atoms with Gasteiger partial charge in [-0.3, -0.25) is 4.90 Å². The van der Waals surface area contributed by atoms with Crippen LogP contribution >= 0.6 is 12.4 Å². The van der Waals surface area contributed by atoms with Gasteiger partial charge in [0.1, 0.15) is 0 Å². The molecule has 1 unspecified atom stereocenters. The quantitative estimate of drug-likeness (QED) is 0.856. The molecule has 1 aliphatic carbocycles. The summed E-state index contributed by atoms with van der Waals surface area (Å²) in [5.74, 6) is 1.72. The van der Waals surface area contributed by atoms with Crippen LogP contribution in [-0.4, -0.2) is 29.7 Å². The molecule has 1 saturated carbocycles. The molecule has 1 aromatic heterocycles. The number of aryl methyl sites for hydroxylation is 1. The summed E-state index contributed by atoms with van der Waals surface area (Å²) < 4.78 is 5.20. The molecule has 1 aromatic rings. The van der Waals surface area contributed by atoms with E-state index in [2.05, 4.69) is 17.1 Å². The minimum absolute atomic E-state index is 0. The molecule has 1 fully saturated rings. The smallest absolute Gasteiger partial charge is 0.150 e. The van der Waals surface area contributed by atoms with Crippen molar-refractivity contribution in [3.8, 4) is 0 Å². The molecule has 92 valence electrons. The van der Waals surface area contributed by atoms with Crippen molar-refractivity contribution in [3.05, 3.63) is 17.5 Å². The lowest BCUT2D eigenvalue weighted by Gasteiger charge is -2.25. The van der Waals surface area contributed by atoms with Gasteiger partial charge in [-0.15, -0.1) is 12.4 Å². The van der Waals surface area contributed by atoms with Crippen molar-refractivity contribution in [2.24, 2.45) is 11.7 Å². The van der Waals surface area contributed by atoms with Crippen LogP contribution in [0.1, 0.15) is 24.3 Å². The maximum absolute atomic E-state index is 5.79. The second kappa shape index (κ2) is 5.66. The minimum atomic E-state index is 0. The Hall–Kier alpha value is -0.580. The van der Waals surface area contributed by atoms with E-state index in [-0.39, 0.29) is 12.4 Å². The van der Waals surface area contributed by atoms with E-state index in [1.54, 1.807) is 0 Å². The Balaban J connectivity index is 0.00000128. The van der Waals surface area contributed by atoms with Crippen LogP contribution < -0.4 is 5.73 Å². The Morgan fingerprint density at radius 1 is 1.62 bits per heavy atom. The first-order valence-corrected chi connectivity index (χ1v) is 5.53. The average Bonchev–Trinajstić information content (AvgIpc) is 2.93. The van der Waals surface area contributed by atoms with E-state index in [4.69, 9.17) is 10.3 Å². The van der Waals surface area contributed by atoms with Crippen LogP contribution in [0.3, 0.4) is 0 Å². The SMILES string of the molecule is Cc1cc(CN(C)C(CN)C2CC2)on1.Cl. The molecule has 0 aromatic carbocycles. The van der Waals surface area contributed by atoms with E-state index in [1.165, 1.54) is 12.8 Å². The van der Waals surface area contributed by atoms with Gasteiger partial charge in [0.05, 0.1) is 12.2 Å². The summed E-state index contributed by atoms with van der Waals surface area (Å²) in [6.07, 6.45) is 2.64. The monoisotopic (exact) mass is 245 g/mol. The third kappa shape index (κ3) is 3.20. The highest BCUT2D eigenvalue weighted by Gasteiger charge is 2.33. The van der Waals surface area contributed by atoms with Crippen LogP contribution in [0.4, 0.5) is 0 Å². The number of nitrogens with two attached hydrogens (primary N) is 1. The first-order chi connectivity index (χ1) is 7.20. The zero-order valence-electron chi connectivity index (χ0n) is 9.85. The molecule has 0 spiro atoms. The molecule has 5 heteroatoms. The van der Waals surface area contributed by atoms with E-state index in [0.29, 0.717) is 6.04 Å². The lowest BCUT2D eigenvalue weighted by Crippen LogP contribution is -2.39. The summed E-state index contributed by atoms with van der Waals surface area (Å²) in [5, 5.41) is 3.88. The van der Waals surface area contributed by atoms with Gasteiger partial charge in [0, 0.05) is 18.7 Å². The fourth-order valence-corrected chi connectivity index (χ4v) is 2.07. The van der Waals surface area contributed by atoms with E-state index < -0.39 is 0 Å². The van der Waals surface area contributed by atoms with E-state index in [0.717, 1.165) is 30.5 Å². The molecule has 16 heavy (non-hydrogen) atoms. The summed E-state index contributed by atoms with van der Waals surface area (Å²) in [5.41, 5.74) is 6.72. The van der Waals surface area contributed by atoms with Gasteiger partial charge in [-0.25, -0.2) is 0 Å². The fraction of sp³-hybridized carbons (Fsp3) is 0.727. The topological polar surface area (TPSA) is 55.3 Å². The Morgan fingerprint density at radius 2 is 2.31 bits per heavy atom. The van der Waals surface area contributed by atoms with Crippen molar-refractivity contribution in [1.29, 1.82) is 0 Å².